The Morgan fingerprint density at radius 1 is 1.24 bits per heavy atom. The molecule has 154 valence electrons. The first-order chi connectivity index (χ1) is 13.7. The molecule has 3 aromatic rings. The van der Waals surface area contributed by atoms with E-state index in [1.165, 1.54) is 16.9 Å². The second-order valence-corrected chi connectivity index (χ2v) is 7.45. The van der Waals surface area contributed by atoms with Gasteiger partial charge in [0.05, 0.1) is 11.9 Å². The summed E-state index contributed by atoms with van der Waals surface area (Å²) in [5.41, 5.74) is 4.94. The van der Waals surface area contributed by atoms with Crippen LogP contribution in [0.5, 0.6) is 5.75 Å². The van der Waals surface area contributed by atoms with E-state index in [1.54, 1.807) is 19.1 Å². The number of hydrogen-bond donors (Lipinski definition) is 1. The van der Waals surface area contributed by atoms with Crippen LogP contribution in [0.1, 0.15) is 27.2 Å². The Hall–Kier alpha value is -3.23. The summed E-state index contributed by atoms with van der Waals surface area (Å²) in [6, 6.07) is 5.19. The van der Waals surface area contributed by atoms with Crippen LogP contribution in [-0.4, -0.2) is 32.9 Å². The molecule has 29 heavy (non-hydrogen) atoms. The summed E-state index contributed by atoms with van der Waals surface area (Å²) in [5.74, 6) is -1.58. The first-order valence-electron chi connectivity index (χ1n) is 9.08. The first kappa shape index (κ1) is 20.5. The minimum atomic E-state index is -1.08. The smallest absolute Gasteiger partial charge is 0.405 e. The van der Waals surface area contributed by atoms with Crippen LogP contribution < -0.4 is 10.5 Å². The molecule has 1 amide bonds. The number of ether oxygens (including phenoxy) is 2. The van der Waals surface area contributed by atoms with Crippen LogP contribution in [-0.2, 0) is 4.74 Å². The number of fused-ring (bicyclic) bond motifs is 1. The molecule has 0 saturated carbocycles. The molecule has 0 saturated heterocycles. The summed E-state index contributed by atoms with van der Waals surface area (Å²) in [6.45, 7) is 5.32. The highest BCUT2D eigenvalue weighted by atomic mass is 19.1. The molecule has 1 atom stereocenters. The fourth-order valence-corrected chi connectivity index (χ4v) is 3.34. The predicted octanol–water partition coefficient (Wildman–Crippen LogP) is 3.95. The molecule has 3 rings (SSSR count). The fraction of sp³-hybridized carbons (Fsp3) is 0.350. The Balaban J connectivity index is 1.88. The van der Waals surface area contributed by atoms with Gasteiger partial charge in [0, 0.05) is 23.9 Å². The Bertz CT molecular complexity index is 1040. The lowest BCUT2D eigenvalue weighted by molar-refractivity contribution is -0.0194. The Morgan fingerprint density at radius 2 is 2.00 bits per heavy atom. The van der Waals surface area contributed by atoms with Gasteiger partial charge >= 0.3 is 6.09 Å². The van der Waals surface area contributed by atoms with Gasteiger partial charge in [-0.15, -0.1) is 0 Å². The number of nitrogens with two attached hydrogens (primary N) is 1. The maximum atomic E-state index is 14.8. The Morgan fingerprint density at radius 3 is 2.69 bits per heavy atom. The number of benzene rings is 1. The zero-order valence-electron chi connectivity index (χ0n) is 16.4. The molecule has 0 aliphatic rings. The zero-order chi connectivity index (χ0) is 21.2. The second-order valence-electron chi connectivity index (χ2n) is 7.45. The molecular weight excluding hydrogens is 382 g/mol. The van der Waals surface area contributed by atoms with Gasteiger partial charge < -0.3 is 15.2 Å². The maximum absolute atomic E-state index is 14.8. The zero-order valence-corrected chi connectivity index (χ0v) is 16.4. The van der Waals surface area contributed by atoms with Crippen molar-refractivity contribution in [2.45, 2.75) is 32.8 Å². The summed E-state index contributed by atoms with van der Waals surface area (Å²) in [4.78, 5) is 15.3. The van der Waals surface area contributed by atoms with Gasteiger partial charge in [-0.3, -0.25) is 0 Å². The number of carbonyl (C=O) groups is 1. The van der Waals surface area contributed by atoms with E-state index in [1.807, 2.05) is 13.8 Å². The van der Waals surface area contributed by atoms with Gasteiger partial charge in [0.2, 0.25) is 0 Å². The molecule has 7 nitrogen and oxygen atoms in total. The van der Waals surface area contributed by atoms with Crippen LogP contribution in [0.4, 0.5) is 13.6 Å². The number of halogens is 2. The molecule has 2 heterocycles. The van der Waals surface area contributed by atoms with Crippen molar-refractivity contribution in [1.82, 2.24) is 14.6 Å². The van der Waals surface area contributed by atoms with Gasteiger partial charge in [-0.2, -0.15) is 5.10 Å². The highest BCUT2D eigenvalue weighted by Gasteiger charge is 2.31. The molecule has 9 heteroatoms. The normalized spacial score (nSPS) is 13.4. The number of aromatic nitrogens is 3. The highest BCUT2D eigenvalue weighted by Crippen LogP contribution is 2.30. The number of hydrogen-bond acceptors (Lipinski definition) is 5. The van der Waals surface area contributed by atoms with E-state index in [4.69, 9.17) is 15.2 Å². The van der Waals surface area contributed by atoms with Gasteiger partial charge in [0.25, 0.3) is 0 Å². The molecule has 0 aliphatic heterocycles. The number of nitrogens with zero attached hydrogens (tertiary/aromatic N) is 3. The summed E-state index contributed by atoms with van der Waals surface area (Å²) in [6.07, 6.45) is 2.49. The van der Waals surface area contributed by atoms with Crippen molar-refractivity contribution in [3.63, 3.8) is 0 Å². The van der Waals surface area contributed by atoms with Crippen molar-refractivity contribution in [2.75, 3.05) is 6.61 Å². The van der Waals surface area contributed by atoms with Crippen molar-refractivity contribution in [3.05, 3.63) is 48.3 Å². The summed E-state index contributed by atoms with van der Waals surface area (Å²) in [5, 5.41) is 4.09. The third-order valence-corrected chi connectivity index (χ3v) is 4.31. The molecule has 1 unspecified atom stereocenters. The van der Waals surface area contributed by atoms with Gasteiger partial charge in [0.1, 0.15) is 18.0 Å². The SMILES string of the molecule is CC(C)CC(C)(COc1cc(F)c(-c2ccnc3ccnn23)cc1F)OC(N)=O. The van der Waals surface area contributed by atoms with Crippen LogP contribution in [0.3, 0.4) is 0 Å². The predicted molar refractivity (Wildman–Crippen MR) is 102 cm³/mol. The van der Waals surface area contributed by atoms with E-state index in [-0.39, 0.29) is 23.8 Å². The molecular formula is C20H22F2N4O3. The van der Waals surface area contributed by atoms with Gasteiger partial charge in [-0.25, -0.2) is 23.1 Å². The van der Waals surface area contributed by atoms with Crippen molar-refractivity contribution in [3.8, 4) is 17.0 Å². The van der Waals surface area contributed by atoms with Crippen LogP contribution in [0.2, 0.25) is 0 Å². The number of amides is 1. The average molecular weight is 404 g/mol. The summed E-state index contributed by atoms with van der Waals surface area (Å²) >= 11 is 0. The van der Waals surface area contributed by atoms with E-state index in [9.17, 15) is 13.6 Å². The third kappa shape index (κ3) is 4.61. The topological polar surface area (TPSA) is 91.7 Å². The lowest BCUT2D eigenvalue weighted by atomic mass is 9.95. The van der Waals surface area contributed by atoms with Crippen LogP contribution in [0.25, 0.3) is 16.9 Å². The number of rotatable bonds is 7. The molecule has 0 radical (unpaired) electrons. The van der Waals surface area contributed by atoms with E-state index in [0.717, 1.165) is 12.1 Å². The van der Waals surface area contributed by atoms with E-state index in [0.29, 0.717) is 17.8 Å². The maximum Gasteiger partial charge on any atom is 0.405 e. The monoisotopic (exact) mass is 404 g/mol. The van der Waals surface area contributed by atoms with Crippen LogP contribution in [0, 0.1) is 17.6 Å². The molecule has 0 bridgehead atoms. The van der Waals surface area contributed by atoms with E-state index >= 15 is 0 Å². The fourth-order valence-electron chi connectivity index (χ4n) is 3.34. The van der Waals surface area contributed by atoms with E-state index < -0.39 is 23.3 Å². The van der Waals surface area contributed by atoms with Crippen molar-refractivity contribution in [2.24, 2.45) is 11.7 Å². The average Bonchev–Trinajstić information content (AvgIpc) is 3.09. The number of carbonyl (C=O) groups excluding carboxylic acids is 1. The van der Waals surface area contributed by atoms with Crippen LogP contribution >= 0.6 is 0 Å². The van der Waals surface area contributed by atoms with Crippen LogP contribution in [0.15, 0.2) is 36.7 Å². The van der Waals surface area contributed by atoms with Crippen molar-refractivity contribution in [1.29, 1.82) is 0 Å². The third-order valence-electron chi connectivity index (χ3n) is 4.31. The largest absolute Gasteiger partial charge is 0.486 e. The van der Waals surface area contributed by atoms with Gasteiger partial charge in [-0.1, -0.05) is 13.8 Å². The lowest BCUT2D eigenvalue weighted by Gasteiger charge is -2.30. The molecule has 2 aromatic heterocycles. The lowest BCUT2D eigenvalue weighted by Crippen LogP contribution is -2.41. The van der Waals surface area contributed by atoms with E-state index in [2.05, 4.69) is 10.1 Å². The number of primary amides is 1. The van der Waals surface area contributed by atoms with Crippen molar-refractivity contribution < 1.29 is 23.0 Å². The molecule has 0 aliphatic carbocycles. The summed E-state index contributed by atoms with van der Waals surface area (Å²) < 4.78 is 41.5. The quantitative estimate of drug-likeness (QED) is 0.644. The standard InChI is InChI=1S/C20H22F2N4O3/c1-12(2)10-20(3,29-19(23)27)11-28-17-9-14(21)13(8-15(17)22)16-4-6-24-18-5-7-25-26(16)18/h4-9,12H,10-11H2,1-3H3,(H2,23,27). The summed E-state index contributed by atoms with van der Waals surface area (Å²) in [7, 11) is 0. The van der Waals surface area contributed by atoms with Crippen molar-refractivity contribution >= 4 is 11.7 Å². The Kier molecular flexibility index (Phi) is 5.67. The molecule has 0 fully saturated rings. The Labute approximate surface area is 166 Å². The molecule has 2 N–H and O–H groups in total. The minimum absolute atomic E-state index is 0.0179. The first-order valence-corrected chi connectivity index (χ1v) is 9.08. The highest BCUT2D eigenvalue weighted by molar-refractivity contribution is 5.65. The molecule has 1 aromatic carbocycles. The molecule has 0 spiro atoms. The second kappa shape index (κ2) is 8.02. The van der Waals surface area contributed by atoms with Gasteiger partial charge in [-0.05, 0) is 31.4 Å². The van der Waals surface area contributed by atoms with Gasteiger partial charge in [0.15, 0.2) is 17.2 Å². The minimum Gasteiger partial charge on any atom is -0.486 e.